The number of nitrogens with one attached hydrogen (secondary N) is 1. The second-order valence-corrected chi connectivity index (χ2v) is 7.04. The first-order chi connectivity index (χ1) is 11.8. The first-order valence-corrected chi connectivity index (χ1v) is 8.96. The third-order valence-corrected chi connectivity index (χ3v) is 5.73. The van der Waals surface area contributed by atoms with Crippen LogP contribution >= 0.6 is 11.3 Å². The summed E-state index contributed by atoms with van der Waals surface area (Å²) < 4.78 is 1.83. The quantitative estimate of drug-likeness (QED) is 0.787. The highest BCUT2D eigenvalue weighted by Crippen LogP contribution is 2.43. The highest BCUT2D eigenvalue weighted by molar-refractivity contribution is 7.10. The van der Waals surface area contributed by atoms with E-state index in [4.69, 9.17) is 0 Å². The summed E-state index contributed by atoms with van der Waals surface area (Å²) in [6.45, 7) is 0. The van der Waals surface area contributed by atoms with E-state index >= 15 is 0 Å². The Balaban J connectivity index is 1.55. The van der Waals surface area contributed by atoms with Gasteiger partial charge in [0.25, 0.3) is 0 Å². The van der Waals surface area contributed by atoms with E-state index < -0.39 is 0 Å². The molecule has 0 radical (unpaired) electrons. The Morgan fingerprint density at radius 3 is 2.75 bits per heavy atom. The average Bonchev–Trinajstić information content (AvgIpc) is 3.36. The first kappa shape index (κ1) is 15.1. The Morgan fingerprint density at radius 1 is 1.25 bits per heavy atom. The molecule has 0 bridgehead atoms. The molecule has 1 saturated carbocycles. The zero-order valence-corrected chi connectivity index (χ0v) is 14.0. The Morgan fingerprint density at radius 2 is 2.12 bits per heavy atom. The molecule has 3 aromatic heterocycles. The number of hydrogen-bond donors (Lipinski definition) is 1. The Bertz CT molecular complexity index is 803. The maximum absolute atomic E-state index is 13.0. The van der Waals surface area contributed by atoms with Crippen LogP contribution in [0.2, 0.25) is 0 Å². The van der Waals surface area contributed by atoms with E-state index in [-0.39, 0.29) is 11.3 Å². The van der Waals surface area contributed by atoms with Gasteiger partial charge in [-0.3, -0.25) is 9.36 Å². The van der Waals surface area contributed by atoms with Crippen LogP contribution in [0.5, 0.6) is 0 Å². The number of aromatic nitrogens is 3. The van der Waals surface area contributed by atoms with Crippen LogP contribution in [0, 0.1) is 0 Å². The van der Waals surface area contributed by atoms with Gasteiger partial charge < -0.3 is 5.32 Å². The lowest BCUT2D eigenvalue weighted by Gasteiger charge is -2.26. The third kappa shape index (κ3) is 2.63. The summed E-state index contributed by atoms with van der Waals surface area (Å²) >= 11 is 1.67. The molecule has 0 aliphatic heterocycles. The largest absolute Gasteiger partial charge is 0.324 e. The van der Waals surface area contributed by atoms with Crippen molar-refractivity contribution in [2.45, 2.75) is 31.1 Å². The summed E-state index contributed by atoms with van der Waals surface area (Å²) in [5.41, 5.74) is 0.351. The van der Waals surface area contributed by atoms with Crippen LogP contribution in [-0.4, -0.2) is 20.4 Å². The number of imidazole rings is 1. The van der Waals surface area contributed by atoms with Crippen molar-refractivity contribution in [1.82, 2.24) is 14.5 Å². The van der Waals surface area contributed by atoms with E-state index in [1.54, 1.807) is 30.1 Å². The first-order valence-electron chi connectivity index (χ1n) is 8.08. The molecule has 5 nitrogen and oxygen atoms in total. The van der Waals surface area contributed by atoms with Crippen LogP contribution in [-0.2, 0) is 10.2 Å². The number of carbonyl (C=O) groups is 1. The average molecular weight is 338 g/mol. The summed E-state index contributed by atoms with van der Waals surface area (Å²) in [4.78, 5) is 22.6. The molecule has 6 heteroatoms. The minimum atomic E-state index is -0.378. The van der Waals surface area contributed by atoms with E-state index in [2.05, 4.69) is 21.4 Å². The van der Waals surface area contributed by atoms with E-state index in [1.165, 1.54) is 4.88 Å². The topological polar surface area (TPSA) is 59.8 Å². The van der Waals surface area contributed by atoms with Gasteiger partial charge >= 0.3 is 0 Å². The van der Waals surface area contributed by atoms with E-state index in [1.807, 2.05) is 34.3 Å². The number of amides is 1. The molecular formula is C18H18N4OS. The van der Waals surface area contributed by atoms with Crippen molar-refractivity contribution in [2.24, 2.45) is 0 Å². The Hall–Kier alpha value is -2.47. The van der Waals surface area contributed by atoms with Gasteiger partial charge in [0.2, 0.25) is 5.91 Å². The Labute approximate surface area is 144 Å². The van der Waals surface area contributed by atoms with Crippen molar-refractivity contribution in [1.29, 1.82) is 0 Å². The summed E-state index contributed by atoms with van der Waals surface area (Å²) in [5, 5.41) is 5.11. The number of thiophene rings is 1. The normalized spacial score (nSPS) is 16.2. The van der Waals surface area contributed by atoms with Gasteiger partial charge in [0.05, 0.1) is 17.3 Å². The number of pyridine rings is 1. The van der Waals surface area contributed by atoms with E-state index in [0.29, 0.717) is 0 Å². The zero-order chi connectivity index (χ0) is 16.4. The molecule has 1 fully saturated rings. The maximum Gasteiger partial charge on any atom is 0.235 e. The number of carbonyl (C=O) groups excluding carboxylic acids is 1. The number of hydrogen-bond acceptors (Lipinski definition) is 4. The molecule has 24 heavy (non-hydrogen) atoms. The molecule has 0 aromatic carbocycles. The molecule has 0 saturated heterocycles. The molecule has 1 aliphatic carbocycles. The van der Waals surface area contributed by atoms with Crippen molar-refractivity contribution in [3.63, 3.8) is 0 Å². The van der Waals surface area contributed by atoms with Gasteiger partial charge in [0.15, 0.2) is 0 Å². The highest BCUT2D eigenvalue weighted by Gasteiger charge is 2.43. The van der Waals surface area contributed by atoms with Gasteiger partial charge in [-0.2, -0.15) is 0 Å². The lowest BCUT2D eigenvalue weighted by molar-refractivity contribution is -0.121. The van der Waals surface area contributed by atoms with Crippen molar-refractivity contribution in [3.8, 4) is 5.82 Å². The van der Waals surface area contributed by atoms with Crippen LogP contribution in [0.15, 0.2) is 54.6 Å². The molecule has 122 valence electrons. The van der Waals surface area contributed by atoms with Gasteiger partial charge in [-0.25, -0.2) is 9.97 Å². The number of nitrogens with zero attached hydrogens (tertiary/aromatic N) is 3. The fourth-order valence-corrected chi connectivity index (χ4v) is 4.36. The molecule has 4 rings (SSSR count). The smallest absolute Gasteiger partial charge is 0.235 e. The maximum atomic E-state index is 13.0. The van der Waals surface area contributed by atoms with Crippen molar-refractivity contribution < 1.29 is 4.79 Å². The lowest BCUT2D eigenvalue weighted by atomic mass is 9.83. The molecule has 0 unspecified atom stereocenters. The molecule has 3 aromatic rings. The van der Waals surface area contributed by atoms with Crippen LogP contribution < -0.4 is 5.32 Å². The number of rotatable bonds is 4. The molecule has 0 atom stereocenters. The molecule has 1 aliphatic rings. The van der Waals surface area contributed by atoms with Gasteiger partial charge in [0.1, 0.15) is 12.1 Å². The monoisotopic (exact) mass is 338 g/mol. The lowest BCUT2D eigenvalue weighted by Crippen LogP contribution is -2.37. The molecular weight excluding hydrogens is 320 g/mol. The molecule has 3 heterocycles. The molecule has 1 N–H and O–H groups in total. The second kappa shape index (κ2) is 6.20. The fraction of sp³-hybridized carbons (Fsp3) is 0.278. The van der Waals surface area contributed by atoms with Crippen LogP contribution in [0.4, 0.5) is 5.69 Å². The van der Waals surface area contributed by atoms with Gasteiger partial charge in [-0.1, -0.05) is 18.9 Å². The number of anilines is 1. The standard InChI is InChI=1S/C18H18N4OS/c23-17(18(7-1-2-8-18)15-4-3-11-24-15)21-14-5-6-16(20-12-14)22-10-9-19-13-22/h3-6,9-13H,1-2,7-8H2,(H,21,23). The van der Waals surface area contributed by atoms with Crippen molar-refractivity contribution in [3.05, 3.63) is 59.4 Å². The predicted molar refractivity (Wildman–Crippen MR) is 94.5 cm³/mol. The van der Waals surface area contributed by atoms with Crippen LogP contribution in [0.1, 0.15) is 30.6 Å². The minimum absolute atomic E-state index is 0.0830. The summed E-state index contributed by atoms with van der Waals surface area (Å²) in [7, 11) is 0. The molecule has 1 amide bonds. The van der Waals surface area contributed by atoms with Crippen LogP contribution in [0.25, 0.3) is 5.82 Å². The second-order valence-electron chi connectivity index (χ2n) is 6.10. The minimum Gasteiger partial charge on any atom is -0.324 e. The highest BCUT2D eigenvalue weighted by atomic mass is 32.1. The summed E-state index contributed by atoms with van der Waals surface area (Å²) in [6, 6.07) is 7.87. The van der Waals surface area contributed by atoms with Crippen molar-refractivity contribution in [2.75, 3.05) is 5.32 Å². The van der Waals surface area contributed by atoms with Crippen LogP contribution in [0.3, 0.4) is 0 Å². The summed E-state index contributed by atoms with van der Waals surface area (Å²) in [5.74, 6) is 0.860. The van der Waals surface area contributed by atoms with Gasteiger partial charge in [-0.05, 0) is 36.4 Å². The molecule has 0 spiro atoms. The summed E-state index contributed by atoms with van der Waals surface area (Å²) in [6.07, 6.45) is 11.0. The predicted octanol–water partition coefficient (Wildman–Crippen LogP) is 3.78. The SMILES string of the molecule is O=C(Nc1ccc(-n2ccnc2)nc1)C1(c2cccs2)CCCC1. The third-order valence-electron chi connectivity index (χ3n) is 4.66. The van der Waals surface area contributed by atoms with Gasteiger partial charge in [-0.15, -0.1) is 11.3 Å². The van der Waals surface area contributed by atoms with Gasteiger partial charge in [0, 0.05) is 17.3 Å². The Kier molecular flexibility index (Phi) is 3.90. The van der Waals surface area contributed by atoms with E-state index in [0.717, 1.165) is 37.2 Å². The zero-order valence-electron chi connectivity index (χ0n) is 13.2. The van der Waals surface area contributed by atoms with E-state index in [9.17, 15) is 4.79 Å². The van der Waals surface area contributed by atoms with Crippen molar-refractivity contribution >= 4 is 22.9 Å². The fourth-order valence-electron chi connectivity index (χ4n) is 3.37.